The highest BCUT2D eigenvalue weighted by molar-refractivity contribution is 6.09. The molecule has 0 aromatic heterocycles. The Bertz CT molecular complexity index is 228. The van der Waals surface area contributed by atoms with E-state index in [1.165, 1.54) is 5.57 Å². The molecule has 1 aliphatic carbocycles. The molecule has 0 aromatic carbocycles. The molecule has 2 nitrogen and oxygen atoms in total. The summed E-state index contributed by atoms with van der Waals surface area (Å²) in [4.78, 5) is 0. The van der Waals surface area contributed by atoms with Crippen LogP contribution in [-0.4, -0.2) is 11.9 Å². The van der Waals surface area contributed by atoms with Gasteiger partial charge in [0.25, 0.3) is 0 Å². The van der Waals surface area contributed by atoms with E-state index in [1.54, 1.807) is 0 Å². The summed E-state index contributed by atoms with van der Waals surface area (Å²) in [5.74, 6) is 0. The normalized spacial score (nSPS) is 21.6. The third-order valence-corrected chi connectivity index (χ3v) is 1.69. The van der Waals surface area contributed by atoms with Crippen molar-refractivity contribution in [2.24, 2.45) is 10.2 Å². The van der Waals surface area contributed by atoms with Crippen LogP contribution in [0.5, 0.6) is 0 Å². The highest BCUT2D eigenvalue weighted by Crippen LogP contribution is 2.15. The minimum absolute atomic E-state index is 0.910. The van der Waals surface area contributed by atoms with E-state index >= 15 is 0 Å². The molecule has 2 aliphatic rings. The van der Waals surface area contributed by atoms with Gasteiger partial charge >= 0.3 is 0 Å². The van der Waals surface area contributed by atoms with Gasteiger partial charge in [0.15, 0.2) is 0 Å². The number of rotatable bonds is 1. The molecule has 0 fully saturated rings. The lowest BCUT2D eigenvalue weighted by molar-refractivity contribution is 1.25. The first-order chi connectivity index (χ1) is 4.97. The van der Waals surface area contributed by atoms with Crippen molar-refractivity contribution in [3.05, 3.63) is 23.8 Å². The Hall–Kier alpha value is -1.18. The zero-order valence-electron chi connectivity index (χ0n) is 5.62. The molecule has 0 saturated heterocycles. The van der Waals surface area contributed by atoms with Gasteiger partial charge < -0.3 is 0 Å². The van der Waals surface area contributed by atoms with Crippen LogP contribution in [0.1, 0.15) is 12.8 Å². The van der Waals surface area contributed by atoms with Gasteiger partial charge in [-0.25, -0.2) is 0 Å². The summed E-state index contributed by atoms with van der Waals surface area (Å²) >= 11 is 0. The largest absolute Gasteiger partial charge is 0.163 e. The van der Waals surface area contributed by atoms with Gasteiger partial charge in [-0.15, -0.1) is 0 Å². The lowest BCUT2D eigenvalue weighted by Crippen LogP contribution is -1.96. The van der Waals surface area contributed by atoms with Gasteiger partial charge in [0.05, 0.1) is 5.71 Å². The SMILES string of the molecule is C1=CCC(C2=NN=CC2)=C1. The Morgan fingerprint density at radius 3 is 2.90 bits per heavy atom. The second-order valence-corrected chi connectivity index (χ2v) is 2.37. The summed E-state index contributed by atoms with van der Waals surface area (Å²) < 4.78 is 0. The fourth-order valence-electron chi connectivity index (χ4n) is 1.14. The van der Waals surface area contributed by atoms with Crippen molar-refractivity contribution < 1.29 is 0 Å². The summed E-state index contributed by atoms with van der Waals surface area (Å²) in [6.45, 7) is 0. The zero-order chi connectivity index (χ0) is 6.81. The van der Waals surface area contributed by atoms with Crippen LogP contribution in [0.3, 0.4) is 0 Å². The van der Waals surface area contributed by atoms with Crippen LogP contribution in [0, 0.1) is 0 Å². The van der Waals surface area contributed by atoms with Crippen molar-refractivity contribution in [2.75, 3.05) is 0 Å². The molecule has 2 heteroatoms. The van der Waals surface area contributed by atoms with E-state index < -0.39 is 0 Å². The van der Waals surface area contributed by atoms with Crippen molar-refractivity contribution in [3.63, 3.8) is 0 Å². The molecule has 1 aliphatic heterocycles. The summed E-state index contributed by atoms with van der Waals surface area (Å²) in [5, 5.41) is 7.80. The van der Waals surface area contributed by atoms with E-state index in [4.69, 9.17) is 0 Å². The van der Waals surface area contributed by atoms with E-state index in [0.29, 0.717) is 0 Å². The van der Waals surface area contributed by atoms with Crippen LogP contribution in [0.2, 0.25) is 0 Å². The highest BCUT2D eigenvalue weighted by Gasteiger charge is 2.09. The molecule has 0 saturated carbocycles. The zero-order valence-corrected chi connectivity index (χ0v) is 5.62. The maximum Gasteiger partial charge on any atom is 0.0719 e. The number of hydrogen-bond acceptors (Lipinski definition) is 2. The Morgan fingerprint density at radius 1 is 1.30 bits per heavy atom. The Morgan fingerprint density at radius 2 is 2.30 bits per heavy atom. The molecule has 50 valence electrons. The summed E-state index contributed by atoms with van der Waals surface area (Å²) in [5.41, 5.74) is 2.45. The minimum atomic E-state index is 0.910. The predicted molar refractivity (Wildman–Crippen MR) is 42.4 cm³/mol. The third kappa shape index (κ3) is 0.817. The number of allylic oxidation sites excluding steroid dienone is 4. The molecule has 10 heavy (non-hydrogen) atoms. The lowest BCUT2D eigenvalue weighted by Gasteiger charge is -1.95. The average Bonchev–Trinajstić information content (AvgIpc) is 2.59. The molecule has 0 atom stereocenters. The first kappa shape index (κ1) is 5.59. The van der Waals surface area contributed by atoms with E-state index in [0.717, 1.165) is 18.6 Å². The van der Waals surface area contributed by atoms with Gasteiger partial charge in [-0.1, -0.05) is 18.2 Å². The highest BCUT2D eigenvalue weighted by atomic mass is 15.2. The van der Waals surface area contributed by atoms with E-state index in [1.807, 2.05) is 6.21 Å². The molecular weight excluding hydrogens is 124 g/mol. The minimum Gasteiger partial charge on any atom is -0.163 e. The average molecular weight is 132 g/mol. The molecule has 0 aromatic rings. The van der Waals surface area contributed by atoms with Crippen molar-refractivity contribution in [3.8, 4) is 0 Å². The fraction of sp³-hybridized carbons (Fsp3) is 0.250. The summed E-state index contributed by atoms with van der Waals surface area (Å²) in [7, 11) is 0. The molecule has 0 unspecified atom stereocenters. The van der Waals surface area contributed by atoms with Crippen molar-refractivity contribution in [2.45, 2.75) is 12.8 Å². The maximum atomic E-state index is 4.00. The third-order valence-electron chi connectivity index (χ3n) is 1.69. The molecule has 0 spiro atoms. The smallest absolute Gasteiger partial charge is 0.0719 e. The van der Waals surface area contributed by atoms with Gasteiger partial charge in [0.1, 0.15) is 0 Å². The fourth-order valence-corrected chi connectivity index (χ4v) is 1.14. The monoisotopic (exact) mass is 132 g/mol. The second-order valence-electron chi connectivity index (χ2n) is 2.37. The van der Waals surface area contributed by atoms with Crippen molar-refractivity contribution >= 4 is 11.9 Å². The van der Waals surface area contributed by atoms with Crippen molar-refractivity contribution in [1.82, 2.24) is 0 Å². The van der Waals surface area contributed by atoms with Crippen LogP contribution in [0.15, 0.2) is 34.0 Å². The summed E-state index contributed by atoms with van der Waals surface area (Å²) in [6, 6.07) is 0. The first-order valence-corrected chi connectivity index (χ1v) is 3.41. The van der Waals surface area contributed by atoms with Crippen LogP contribution in [0.4, 0.5) is 0 Å². The maximum absolute atomic E-state index is 4.00. The lowest BCUT2D eigenvalue weighted by atomic mass is 10.1. The number of hydrogen-bond donors (Lipinski definition) is 0. The first-order valence-electron chi connectivity index (χ1n) is 3.41. The molecule has 0 amide bonds. The van der Waals surface area contributed by atoms with Crippen molar-refractivity contribution in [1.29, 1.82) is 0 Å². The van der Waals surface area contributed by atoms with E-state index in [2.05, 4.69) is 28.4 Å². The van der Waals surface area contributed by atoms with Crippen LogP contribution in [0.25, 0.3) is 0 Å². The second kappa shape index (κ2) is 2.21. The van der Waals surface area contributed by atoms with Crippen LogP contribution >= 0.6 is 0 Å². The van der Waals surface area contributed by atoms with Gasteiger partial charge in [-0.05, 0) is 12.0 Å². The Labute approximate surface area is 59.7 Å². The van der Waals surface area contributed by atoms with Gasteiger partial charge in [0, 0.05) is 12.6 Å². The molecule has 0 N–H and O–H groups in total. The van der Waals surface area contributed by atoms with E-state index in [9.17, 15) is 0 Å². The molecule has 0 bridgehead atoms. The number of nitrogens with zero attached hydrogens (tertiary/aromatic N) is 2. The van der Waals surface area contributed by atoms with Gasteiger partial charge in [0.2, 0.25) is 0 Å². The Balaban J connectivity index is 2.15. The van der Waals surface area contributed by atoms with Gasteiger partial charge in [-0.3, -0.25) is 0 Å². The quantitative estimate of drug-likeness (QED) is 0.518. The molecular formula is C8H8N2. The Kier molecular flexibility index (Phi) is 1.24. The standard InChI is InChI=1S/C8H8N2/c1-2-4-7(3-1)8-5-6-9-10-8/h1-3,6H,4-5H2. The molecule has 0 radical (unpaired) electrons. The van der Waals surface area contributed by atoms with Gasteiger partial charge in [-0.2, -0.15) is 10.2 Å². The van der Waals surface area contributed by atoms with Crippen LogP contribution < -0.4 is 0 Å². The molecule has 1 heterocycles. The predicted octanol–water partition coefficient (Wildman–Crippen LogP) is 1.70. The van der Waals surface area contributed by atoms with E-state index in [-0.39, 0.29) is 0 Å². The summed E-state index contributed by atoms with van der Waals surface area (Å²) in [6.07, 6.45) is 10.1. The molecule has 2 rings (SSSR count). The topological polar surface area (TPSA) is 24.7 Å². The van der Waals surface area contributed by atoms with Crippen LogP contribution in [-0.2, 0) is 0 Å².